The maximum absolute atomic E-state index is 11.0. The topological polar surface area (TPSA) is 113 Å². The van der Waals surface area contributed by atoms with Crippen molar-refractivity contribution in [1.82, 2.24) is 0 Å². The molecule has 0 spiro atoms. The number of carbonyl (C=O) groups is 1. The minimum Gasteiger partial charge on any atom is -0.469 e. The number of nitrogens with two attached hydrogens (primary N) is 1. The number of methoxy groups -OCH3 is 1. The van der Waals surface area contributed by atoms with Gasteiger partial charge in [0.05, 0.1) is 26.2 Å². The molecule has 2 atom stereocenters. The van der Waals surface area contributed by atoms with Crippen LogP contribution in [0.3, 0.4) is 0 Å². The Kier molecular flexibility index (Phi) is 5.08. The van der Waals surface area contributed by atoms with Crippen molar-refractivity contribution in [3.63, 3.8) is 0 Å². The monoisotopic (exact) mass is 255 g/mol. The van der Waals surface area contributed by atoms with Crippen molar-refractivity contribution in [2.24, 2.45) is 0 Å². The highest BCUT2D eigenvalue weighted by molar-refractivity contribution is 5.69. The number of nitrogen functional groups attached to an aromatic ring is 1. The van der Waals surface area contributed by atoms with Gasteiger partial charge in [0, 0.05) is 11.3 Å². The quantitative estimate of drug-likeness (QED) is 0.425. The van der Waals surface area contributed by atoms with Gasteiger partial charge >= 0.3 is 5.97 Å². The third-order valence-electron chi connectivity index (χ3n) is 2.65. The number of aliphatic hydroxyl groups excluding tert-OH is 3. The lowest BCUT2D eigenvalue weighted by atomic mass is 9.99. The van der Waals surface area contributed by atoms with Crippen molar-refractivity contribution in [2.45, 2.75) is 25.2 Å². The minimum atomic E-state index is -1.27. The highest BCUT2D eigenvalue weighted by Gasteiger charge is 2.22. The average Bonchev–Trinajstić information content (AvgIpc) is 2.38. The van der Waals surface area contributed by atoms with Crippen LogP contribution < -0.4 is 5.73 Å². The lowest BCUT2D eigenvalue weighted by molar-refractivity contribution is -0.144. The van der Waals surface area contributed by atoms with Gasteiger partial charge in [-0.25, -0.2) is 0 Å². The summed E-state index contributed by atoms with van der Waals surface area (Å²) < 4.78 is 4.40. The van der Waals surface area contributed by atoms with E-state index in [2.05, 4.69) is 4.74 Å². The first-order valence-electron chi connectivity index (χ1n) is 5.41. The van der Waals surface area contributed by atoms with Gasteiger partial charge in [-0.1, -0.05) is 6.07 Å². The van der Waals surface area contributed by atoms with Crippen LogP contribution in [0.5, 0.6) is 0 Å². The molecule has 6 nitrogen and oxygen atoms in total. The van der Waals surface area contributed by atoms with Gasteiger partial charge in [0.25, 0.3) is 0 Å². The van der Waals surface area contributed by atoms with E-state index in [1.54, 1.807) is 0 Å². The molecule has 0 aromatic heterocycles. The van der Waals surface area contributed by atoms with Crippen LogP contribution in [0.4, 0.5) is 5.69 Å². The molecule has 0 aliphatic carbocycles. The highest BCUT2D eigenvalue weighted by atomic mass is 16.5. The average molecular weight is 255 g/mol. The number of esters is 1. The van der Waals surface area contributed by atoms with Gasteiger partial charge in [-0.2, -0.15) is 0 Å². The van der Waals surface area contributed by atoms with Gasteiger partial charge in [-0.15, -0.1) is 0 Å². The third-order valence-corrected chi connectivity index (χ3v) is 2.65. The molecular formula is C12H17NO5. The first-order chi connectivity index (χ1) is 8.49. The van der Waals surface area contributed by atoms with Crippen LogP contribution in [0, 0.1) is 0 Å². The zero-order valence-corrected chi connectivity index (χ0v) is 10.0. The lowest BCUT2D eigenvalue weighted by Crippen LogP contribution is -2.22. The molecule has 18 heavy (non-hydrogen) atoms. The van der Waals surface area contributed by atoms with E-state index < -0.39 is 18.2 Å². The number of rotatable bonds is 5. The Hall–Kier alpha value is -1.63. The fourth-order valence-electron chi connectivity index (χ4n) is 1.53. The molecule has 0 saturated carbocycles. The Morgan fingerprint density at radius 2 is 2.11 bits per heavy atom. The standard InChI is InChI=1S/C12H17NO5/c1-18-11(16)5-10(15)12(17)7-2-3-9(13)8(4-7)6-14/h2-4,10,12,14-15,17H,5-6,13H2,1H3. The Morgan fingerprint density at radius 1 is 1.44 bits per heavy atom. The molecule has 1 rings (SSSR count). The van der Waals surface area contributed by atoms with Gasteiger partial charge in [0.15, 0.2) is 0 Å². The van der Waals surface area contributed by atoms with Crippen LogP contribution in [-0.4, -0.2) is 34.5 Å². The van der Waals surface area contributed by atoms with Crippen molar-refractivity contribution in [3.8, 4) is 0 Å². The summed E-state index contributed by atoms with van der Waals surface area (Å²) in [6, 6.07) is 4.54. The molecule has 0 heterocycles. The smallest absolute Gasteiger partial charge is 0.308 e. The second kappa shape index (κ2) is 6.34. The fourth-order valence-corrected chi connectivity index (χ4v) is 1.53. The first kappa shape index (κ1) is 14.4. The summed E-state index contributed by atoms with van der Waals surface area (Å²) in [6.07, 6.45) is -2.82. The summed E-state index contributed by atoms with van der Waals surface area (Å²) in [7, 11) is 1.20. The summed E-state index contributed by atoms with van der Waals surface area (Å²) in [6.45, 7) is -0.264. The van der Waals surface area contributed by atoms with Crippen molar-refractivity contribution in [3.05, 3.63) is 29.3 Å². The molecular weight excluding hydrogens is 238 g/mol. The normalized spacial score (nSPS) is 14.0. The van der Waals surface area contributed by atoms with E-state index in [1.165, 1.54) is 25.3 Å². The van der Waals surface area contributed by atoms with Crippen molar-refractivity contribution in [1.29, 1.82) is 0 Å². The summed E-state index contributed by atoms with van der Waals surface area (Å²) in [4.78, 5) is 11.0. The van der Waals surface area contributed by atoms with Gasteiger partial charge in [-0.05, 0) is 17.7 Å². The number of anilines is 1. The van der Waals surface area contributed by atoms with Crippen LogP contribution in [-0.2, 0) is 16.1 Å². The van der Waals surface area contributed by atoms with Crippen LogP contribution in [0.15, 0.2) is 18.2 Å². The van der Waals surface area contributed by atoms with Crippen molar-refractivity contribution >= 4 is 11.7 Å². The van der Waals surface area contributed by atoms with Crippen molar-refractivity contribution in [2.75, 3.05) is 12.8 Å². The number of ether oxygens (including phenoxy) is 1. The molecule has 0 saturated heterocycles. The van der Waals surface area contributed by atoms with Gasteiger partial charge in [0.2, 0.25) is 0 Å². The van der Waals surface area contributed by atoms with Gasteiger partial charge in [0.1, 0.15) is 6.10 Å². The molecule has 0 radical (unpaired) electrons. The number of benzene rings is 1. The molecule has 0 bridgehead atoms. The number of carbonyl (C=O) groups excluding carboxylic acids is 1. The summed E-state index contributed by atoms with van der Waals surface area (Å²) in [5.41, 5.74) is 6.83. The second-order valence-corrected chi connectivity index (χ2v) is 3.91. The molecule has 5 N–H and O–H groups in total. The molecule has 0 amide bonds. The largest absolute Gasteiger partial charge is 0.469 e. The molecule has 6 heteroatoms. The van der Waals surface area contributed by atoms with E-state index in [0.717, 1.165) is 0 Å². The molecule has 2 unspecified atom stereocenters. The molecule has 0 aliphatic rings. The number of aliphatic hydroxyl groups is 3. The van der Waals surface area contributed by atoms with Crippen LogP contribution in [0.1, 0.15) is 23.7 Å². The molecule has 100 valence electrons. The van der Waals surface area contributed by atoms with Crippen molar-refractivity contribution < 1.29 is 24.9 Å². The maximum Gasteiger partial charge on any atom is 0.308 e. The zero-order chi connectivity index (χ0) is 13.7. The van der Waals surface area contributed by atoms with Gasteiger partial charge in [-0.3, -0.25) is 4.79 Å². The molecule has 0 aliphatic heterocycles. The zero-order valence-electron chi connectivity index (χ0n) is 10.0. The molecule has 1 aromatic rings. The summed E-state index contributed by atoms with van der Waals surface area (Å²) in [5, 5.41) is 28.6. The Balaban J connectivity index is 2.83. The minimum absolute atomic E-state index is 0.264. The fraction of sp³-hybridized carbons (Fsp3) is 0.417. The predicted octanol–water partition coefficient (Wildman–Crippen LogP) is -0.281. The summed E-state index contributed by atoms with van der Waals surface area (Å²) in [5.74, 6) is -0.612. The van der Waals surface area contributed by atoms with E-state index in [1.807, 2.05) is 0 Å². The SMILES string of the molecule is COC(=O)CC(O)C(O)c1ccc(N)c(CO)c1. The first-order valence-corrected chi connectivity index (χ1v) is 5.41. The van der Waals surface area contributed by atoms with E-state index >= 15 is 0 Å². The Bertz CT molecular complexity index is 421. The Morgan fingerprint density at radius 3 is 2.67 bits per heavy atom. The van der Waals surface area contributed by atoms with E-state index in [4.69, 9.17) is 10.8 Å². The molecule has 1 aromatic carbocycles. The number of hydrogen-bond acceptors (Lipinski definition) is 6. The summed E-state index contributed by atoms with van der Waals surface area (Å²) >= 11 is 0. The third kappa shape index (κ3) is 3.43. The van der Waals surface area contributed by atoms with Crippen LogP contribution >= 0.6 is 0 Å². The van der Waals surface area contributed by atoms with Gasteiger partial charge < -0.3 is 25.8 Å². The number of hydrogen-bond donors (Lipinski definition) is 4. The lowest BCUT2D eigenvalue weighted by Gasteiger charge is -2.18. The predicted molar refractivity (Wildman–Crippen MR) is 64.4 cm³/mol. The maximum atomic E-state index is 11.0. The van der Waals surface area contributed by atoms with E-state index in [-0.39, 0.29) is 13.0 Å². The van der Waals surface area contributed by atoms with E-state index in [9.17, 15) is 15.0 Å². The second-order valence-electron chi connectivity index (χ2n) is 3.91. The van der Waals surface area contributed by atoms with E-state index in [0.29, 0.717) is 16.8 Å². The highest BCUT2D eigenvalue weighted by Crippen LogP contribution is 2.23. The van der Waals surface area contributed by atoms with Crippen LogP contribution in [0.25, 0.3) is 0 Å². The Labute approximate surface area is 105 Å². The molecule has 0 fully saturated rings. The van der Waals surface area contributed by atoms with Crippen LogP contribution in [0.2, 0.25) is 0 Å².